The molecule has 1 N–H and O–H groups in total. The lowest BCUT2D eigenvalue weighted by Crippen LogP contribution is -2.20. The van der Waals surface area contributed by atoms with E-state index in [2.05, 4.69) is 10.3 Å². The summed E-state index contributed by atoms with van der Waals surface area (Å²) in [6.07, 6.45) is -4.37. The highest BCUT2D eigenvalue weighted by molar-refractivity contribution is 6.00. The number of benzene rings is 1. The van der Waals surface area contributed by atoms with Crippen molar-refractivity contribution < 1.29 is 22.6 Å². The molecule has 0 amide bonds. The van der Waals surface area contributed by atoms with Gasteiger partial charge in [-0.15, -0.1) is 0 Å². The largest absolute Gasteiger partial charge is 0.493 e. The van der Waals surface area contributed by atoms with Crippen LogP contribution in [0.15, 0.2) is 23.2 Å². The van der Waals surface area contributed by atoms with Gasteiger partial charge in [-0.25, -0.2) is 0 Å². The van der Waals surface area contributed by atoms with Gasteiger partial charge in [-0.1, -0.05) is 0 Å². The van der Waals surface area contributed by atoms with Crippen LogP contribution in [0.2, 0.25) is 0 Å². The average Bonchev–Trinajstić information content (AvgIpc) is 2.89. The highest BCUT2D eigenvalue weighted by atomic mass is 19.4. The molecule has 1 aliphatic rings. The van der Waals surface area contributed by atoms with E-state index in [4.69, 9.17) is 9.47 Å². The molecule has 0 atom stereocenters. The summed E-state index contributed by atoms with van der Waals surface area (Å²) in [6, 6.07) is 4.69. The summed E-state index contributed by atoms with van der Waals surface area (Å²) in [5.41, 5.74) is 0.758. The molecule has 0 fully saturated rings. The summed E-state index contributed by atoms with van der Waals surface area (Å²) in [5, 5.41) is 3.07. The molecule has 104 valence electrons. The topological polar surface area (TPSA) is 42.8 Å². The maximum atomic E-state index is 12.1. The summed E-state index contributed by atoms with van der Waals surface area (Å²) >= 11 is 0. The molecule has 0 bridgehead atoms. The van der Waals surface area contributed by atoms with Gasteiger partial charge in [0.05, 0.1) is 13.7 Å². The molecule has 1 heterocycles. The highest BCUT2D eigenvalue weighted by Crippen LogP contribution is 2.30. The van der Waals surface area contributed by atoms with Gasteiger partial charge in [-0.3, -0.25) is 4.99 Å². The molecule has 0 saturated heterocycles. The summed E-state index contributed by atoms with van der Waals surface area (Å²) < 4.78 is 46.1. The van der Waals surface area contributed by atoms with Crippen LogP contribution in [0.25, 0.3) is 0 Å². The number of amidine groups is 1. The molecule has 4 nitrogen and oxygen atoms in total. The minimum Gasteiger partial charge on any atom is -0.493 e. The van der Waals surface area contributed by atoms with E-state index < -0.39 is 12.8 Å². The maximum Gasteiger partial charge on any atom is 0.422 e. The molecule has 2 rings (SSSR count). The van der Waals surface area contributed by atoms with E-state index in [0.717, 1.165) is 12.1 Å². The monoisotopic (exact) mass is 274 g/mol. The fourth-order valence-corrected chi connectivity index (χ4v) is 1.68. The molecule has 0 aliphatic carbocycles. The first-order valence-electron chi connectivity index (χ1n) is 5.66. The SMILES string of the molecule is COc1cc(C2=NCCN2)ccc1OCC(F)(F)F. The van der Waals surface area contributed by atoms with E-state index >= 15 is 0 Å². The van der Waals surface area contributed by atoms with Crippen LogP contribution >= 0.6 is 0 Å². The minimum atomic E-state index is -4.37. The van der Waals surface area contributed by atoms with Gasteiger partial charge in [0.15, 0.2) is 18.1 Å². The van der Waals surface area contributed by atoms with Crippen LogP contribution in [0.4, 0.5) is 13.2 Å². The third-order valence-electron chi connectivity index (χ3n) is 2.50. The van der Waals surface area contributed by atoms with Crippen molar-refractivity contribution >= 4 is 5.84 Å². The van der Waals surface area contributed by atoms with E-state index in [-0.39, 0.29) is 11.5 Å². The van der Waals surface area contributed by atoms with Crippen molar-refractivity contribution in [1.29, 1.82) is 0 Å². The highest BCUT2D eigenvalue weighted by Gasteiger charge is 2.29. The Balaban J connectivity index is 2.16. The van der Waals surface area contributed by atoms with E-state index in [1.165, 1.54) is 13.2 Å². The quantitative estimate of drug-likeness (QED) is 0.913. The molecule has 0 saturated carbocycles. The van der Waals surface area contributed by atoms with E-state index in [9.17, 15) is 13.2 Å². The summed E-state index contributed by atoms with van der Waals surface area (Å²) in [4.78, 5) is 4.23. The number of hydrogen-bond donors (Lipinski definition) is 1. The molecular formula is C12H13F3N2O2. The second kappa shape index (κ2) is 5.38. The number of aliphatic imine (C=N–C) groups is 1. The van der Waals surface area contributed by atoms with Crippen molar-refractivity contribution in [2.45, 2.75) is 6.18 Å². The Morgan fingerprint density at radius 1 is 1.32 bits per heavy atom. The predicted molar refractivity (Wildman–Crippen MR) is 64.0 cm³/mol. The van der Waals surface area contributed by atoms with Gasteiger partial charge in [0.1, 0.15) is 5.84 Å². The number of rotatable bonds is 4. The molecule has 0 spiro atoms. The number of halogens is 3. The Labute approximate surface area is 108 Å². The number of alkyl halides is 3. The van der Waals surface area contributed by atoms with E-state index in [1.54, 1.807) is 12.1 Å². The standard InChI is InChI=1S/C12H13F3N2O2/c1-18-10-6-8(11-16-4-5-17-11)2-3-9(10)19-7-12(13,14)15/h2-3,6H,4-5,7H2,1H3,(H,16,17). The molecule has 1 aliphatic heterocycles. The lowest BCUT2D eigenvalue weighted by atomic mass is 10.2. The Morgan fingerprint density at radius 2 is 2.11 bits per heavy atom. The normalized spacial score (nSPS) is 14.8. The van der Waals surface area contributed by atoms with Crippen LogP contribution in [0.3, 0.4) is 0 Å². The van der Waals surface area contributed by atoms with Crippen LogP contribution in [-0.2, 0) is 0 Å². The van der Waals surface area contributed by atoms with Gasteiger partial charge in [-0.2, -0.15) is 13.2 Å². The first kappa shape index (κ1) is 13.5. The predicted octanol–water partition coefficient (Wildman–Crippen LogP) is 1.99. The van der Waals surface area contributed by atoms with Gasteiger partial charge in [-0.05, 0) is 18.2 Å². The smallest absolute Gasteiger partial charge is 0.422 e. The molecule has 0 radical (unpaired) electrons. The van der Waals surface area contributed by atoms with Crippen molar-refractivity contribution in [3.63, 3.8) is 0 Å². The summed E-state index contributed by atoms with van der Waals surface area (Å²) in [5.74, 6) is 1.01. The van der Waals surface area contributed by atoms with Gasteiger partial charge in [0.25, 0.3) is 0 Å². The Kier molecular flexibility index (Phi) is 3.82. The van der Waals surface area contributed by atoms with E-state index in [0.29, 0.717) is 12.4 Å². The molecule has 1 aromatic carbocycles. The second-order valence-corrected chi connectivity index (χ2v) is 3.93. The molecule has 19 heavy (non-hydrogen) atoms. The maximum absolute atomic E-state index is 12.1. The molecule has 0 aromatic heterocycles. The third kappa shape index (κ3) is 3.52. The van der Waals surface area contributed by atoms with Crippen molar-refractivity contribution in [2.24, 2.45) is 4.99 Å². The first-order chi connectivity index (χ1) is 8.99. The minimum absolute atomic E-state index is 0.0576. The number of nitrogens with one attached hydrogen (secondary N) is 1. The zero-order valence-electron chi connectivity index (χ0n) is 10.3. The zero-order chi connectivity index (χ0) is 13.9. The number of nitrogens with zero attached hydrogens (tertiary/aromatic N) is 1. The Hall–Kier alpha value is -1.92. The summed E-state index contributed by atoms with van der Waals surface area (Å²) in [6.45, 7) is 0.0931. The molecule has 7 heteroatoms. The van der Waals surface area contributed by atoms with Gasteiger partial charge in [0.2, 0.25) is 0 Å². The fraction of sp³-hybridized carbons (Fsp3) is 0.417. The van der Waals surface area contributed by atoms with Crippen LogP contribution < -0.4 is 14.8 Å². The van der Waals surface area contributed by atoms with Crippen LogP contribution in [0.1, 0.15) is 5.56 Å². The van der Waals surface area contributed by atoms with E-state index in [1.807, 2.05) is 0 Å². The number of methoxy groups -OCH3 is 1. The van der Waals surface area contributed by atoms with Crippen LogP contribution in [0.5, 0.6) is 11.5 Å². The summed E-state index contributed by atoms with van der Waals surface area (Å²) in [7, 11) is 1.38. The fourth-order valence-electron chi connectivity index (χ4n) is 1.68. The molecule has 0 unspecified atom stereocenters. The average molecular weight is 274 g/mol. The zero-order valence-corrected chi connectivity index (χ0v) is 10.3. The molecular weight excluding hydrogens is 261 g/mol. The number of hydrogen-bond acceptors (Lipinski definition) is 4. The third-order valence-corrected chi connectivity index (χ3v) is 2.50. The van der Waals surface area contributed by atoms with Gasteiger partial charge in [0, 0.05) is 12.1 Å². The lowest BCUT2D eigenvalue weighted by molar-refractivity contribution is -0.153. The lowest BCUT2D eigenvalue weighted by Gasteiger charge is -2.13. The first-order valence-corrected chi connectivity index (χ1v) is 5.66. The molecule has 1 aromatic rings. The Morgan fingerprint density at radius 3 is 2.68 bits per heavy atom. The van der Waals surface area contributed by atoms with Crippen LogP contribution in [0, 0.1) is 0 Å². The van der Waals surface area contributed by atoms with Crippen LogP contribution in [-0.4, -0.2) is 38.8 Å². The Bertz CT molecular complexity index is 486. The van der Waals surface area contributed by atoms with Crippen molar-refractivity contribution in [3.05, 3.63) is 23.8 Å². The van der Waals surface area contributed by atoms with Gasteiger partial charge < -0.3 is 14.8 Å². The van der Waals surface area contributed by atoms with Crippen molar-refractivity contribution in [3.8, 4) is 11.5 Å². The van der Waals surface area contributed by atoms with Gasteiger partial charge >= 0.3 is 6.18 Å². The number of ether oxygens (including phenoxy) is 2. The second-order valence-electron chi connectivity index (χ2n) is 3.93. The van der Waals surface area contributed by atoms with Crippen molar-refractivity contribution in [1.82, 2.24) is 5.32 Å². The van der Waals surface area contributed by atoms with Crippen molar-refractivity contribution in [2.75, 3.05) is 26.8 Å².